The Bertz CT molecular complexity index is 391. The normalized spacial score (nSPS) is 28.1. The summed E-state index contributed by atoms with van der Waals surface area (Å²) in [5.41, 5.74) is 1.01. The highest BCUT2D eigenvalue weighted by Gasteiger charge is 2.33. The summed E-state index contributed by atoms with van der Waals surface area (Å²) in [4.78, 5) is 8.76. The molecule has 2 rings (SSSR count). The van der Waals surface area contributed by atoms with E-state index in [1.54, 1.807) is 0 Å². The second-order valence-corrected chi connectivity index (χ2v) is 5.93. The van der Waals surface area contributed by atoms with Crippen molar-refractivity contribution in [2.45, 2.75) is 52.0 Å². The van der Waals surface area contributed by atoms with E-state index >= 15 is 0 Å². The maximum Gasteiger partial charge on any atom is 0.130 e. The molecule has 4 heteroatoms. The molecule has 0 aromatic carbocycles. The predicted octanol–water partition coefficient (Wildman–Crippen LogP) is 3.69. The van der Waals surface area contributed by atoms with Crippen LogP contribution in [0.4, 0.5) is 5.82 Å². The number of aryl methyl sites for hydroxylation is 2. The van der Waals surface area contributed by atoms with E-state index in [4.69, 9.17) is 11.6 Å². The van der Waals surface area contributed by atoms with Gasteiger partial charge in [0.15, 0.2) is 0 Å². The Labute approximate surface area is 114 Å². The van der Waals surface area contributed by atoms with E-state index in [2.05, 4.69) is 22.2 Å². The van der Waals surface area contributed by atoms with Gasteiger partial charge in [-0.3, -0.25) is 0 Å². The first-order valence-electron chi connectivity index (χ1n) is 6.69. The van der Waals surface area contributed by atoms with Crippen molar-refractivity contribution in [3.63, 3.8) is 0 Å². The largest absolute Gasteiger partial charge is 0.363 e. The van der Waals surface area contributed by atoms with Crippen LogP contribution in [0.5, 0.6) is 0 Å². The van der Waals surface area contributed by atoms with Crippen LogP contribution < -0.4 is 5.32 Å². The molecular weight excluding hydrogens is 246 g/mol. The Balaban J connectivity index is 2.14. The van der Waals surface area contributed by atoms with Gasteiger partial charge in [0.25, 0.3) is 0 Å². The molecule has 0 unspecified atom stereocenters. The number of hydrogen-bond donors (Lipinski definition) is 1. The lowest BCUT2D eigenvalue weighted by Crippen LogP contribution is -2.43. The minimum Gasteiger partial charge on any atom is -0.363 e. The molecule has 1 N–H and O–H groups in total. The summed E-state index contributed by atoms with van der Waals surface area (Å²) in [5.74, 6) is 3.18. The number of aromatic nitrogens is 2. The van der Waals surface area contributed by atoms with Crippen molar-refractivity contribution in [1.29, 1.82) is 0 Å². The standard InChI is InChI=1S/C14H22ClN3/c1-10-4-6-14(9-15,7-5-10)18-13-8-11(2)16-12(3)17-13/h8,10H,4-7,9H2,1-3H3,(H,16,17,18). The van der Waals surface area contributed by atoms with Gasteiger partial charge >= 0.3 is 0 Å². The highest BCUT2D eigenvalue weighted by atomic mass is 35.5. The lowest BCUT2D eigenvalue weighted by atomic mass is 9.78. The summed E-state index contributed by atoms with van der Waals surface area (Å²) in [5, 5.41) is 3.56. The number of hydrogen-bond acceptors (Lipinski definition) is 3. The zero-order valence-corrected chi connectivity index (χ0v) is 12.2. The van der Waals surface area contributed by atoms with Crippen molar-refractivity contribution in [2.75, 3.05) is 11.2 Å². The molecule has 0 bridgehead atoms. The molecule has 0 atom stereocenters. The summed E-state index contributed by atoms with van der Waals surface area (Å²) in [7, 11) is 0. The van der Waals surface area contributed by atoms with Gasteiger partial charge in [-0.15, -0.1) is 11.6 Å². The van der Waals surface area contributed by atoms with Crippen molar-refractivity contribution in [2.24, 2.45) is 5.92 Å². The molecule has 0 radical (unpaired) electrons. The zero-order chi connectivity index (χ0) is 13.2. The van der Waals surface area contributed by atoms with Crippen LogP contribution in [0.3, 0.4) is 0 Å². The van der Waals surface area contributed by atoms with Crippen molar-refractivity contribution in [1.82, 2.24) is 9.97 Å². The van der Waals surface area contributed by atoms with Gasteiger partial charge in [0.2, 0.25) is 0 Å². The highest BCUT2D eigenvalue weighted by molar-refractivity contribution is 6.18. The quantitative estimate of drug-likeness (QED) is 0.849. The first kappa shape index (κ1) is 13.6. The molecule has 0 aliphatic heterocycles. The minimum atomic E-state index is 0.0152. The number of halogens is 1. The molecule has 3 nitrogen and oxygen atoms in total. The smallest absolute Gasteiger partial charge is 0.130 e. The number of nitrogens with zero attached hydrogens (tertiary/aromatic N) is 2. The fraction of sp³-hybridized carbons (Fsp3) is 0.714. The summed E-state index contributed by atoms with van der Waals surface area (Å²) in [6, 6.07) is 2.00. The Morgan fingerprint density at radius 2 is 2.00 bits per heavy atom. The monoisotopic (exact) mass is 267 g/mol. The third-order valence-electron chi connectivity index (χ3n) is 3.85. The number of rotatable bonds is 3. The topological polar surface area (TPSA) is 37.8 Å². The van der Waals surface area contributed by atoms with E-state index in [1.807, 2.05) is 19.9 Å². The van der Waals surface area contributed by atoms with E-state index in [1.165, 1.54) is 12.8 Å². The second-order valence-electron chi connectivity index (χ2n) is 5.66. The van der Waals surface area contributed by atoms with Crippen molar-refractivity contribution in [3.05, 3.63) is 17.6 Å². The first-order chi connectivity index (χ1) is 8.53. The molecule has 1 aromatic rings. The Kier molecular flexibility index (Phi) is 4.10. The molecule has 18 heavy (non-hydrogen) atoms. The molecular formula is C14H22ClN3. The molecule has 1 saturated carbocycles. The highest BCUT2D eigenvalue weighted by Crippen LogP contribution is 2.35. The second kappa shape index (κ2) is 5.43. The molecule has 0 spiro atoms. The van der Waals surface area contributed by atoms with Crippen LogP contribution in [-0.4, -0.2) is 21.4 Å². The van der Waals surface area contributed by atoms with E-state index in [0.717, 1.165) is 36.1 Å². The number of anilines is 1. The summed E-state index contributed by atoms with van der Waals surface area (Å²) >= 11 is 6.21. The molecule has 0 amide bonds. The molecule has 1 aromatic heterocycles. The SMILES string of the molecule is Cc1cc(NC2(CCl)CCC(C)CC2)nc(C)n1. The Morgan fingerprint density at radius 1 is 1.33 bits per heavy atom. The van der Waals surface area contributed by atoms with Gasteiger partial charge in [0.1, 0.15) is 11.6 Å². The molecule has 1 aliphatic rings. The first-order valence-corrected chi connectivity index (χ1v) is 7.23. The van der Waals surface area contributed by atoms with Crippen LogP contribution in [0.2, 0.25) is 0 Å². The predicted molar refractivity (Wildman–Crippen MR) is 76.2 cm³/mol. The molecule has 1 aliphatic carbocycles. The van der Waals surface area contributed by atoms with Crippen molar-refractivity contribution >= 4 is 17.4 Å². The van der Waals surface area contributed by atoms with E-state index in [0.29, 0.717) is 5.88 Å². The van der Waals surface area contributed by atoms with Crippen LogP contribution in [0.15, 0.2) is 6.07 Å². The van der Waals surface area contributed by atoms with Gasteiger partial charge in [-0.1, -0.05) is 6.92 Å². The van der Waals surface area contributed by atoms with E-state index < -0.39 is 0 Å². The molecule has 100 valence electrons. The van der Waals surface area contributed by atoms with Crippen LogP contribution in [-0.2, 0) is 0 Å². The van der Waals surface area contributed by atoms with Gasteiger partial charge in [0.05, 0.1) is 5.54 Å². The third-order valence-corrected chi connectivity index (χ3v) is 4.36. The Hall–Kier alpha value is -0.830. The summed E-state index contributed by atoms with van der Waals surface area (Å²) in [6.07, 6.45) is 4.73. The maximum absolute atomic E-state index is 6.21. The minimum absolute atomic E-state index is 0.0152. The van der Waals surface area contributed by atoms with Gasteiger partial charge in [-0.2, -0.15) is 0 Å². The van der Waals surface area contributed by atoms with Crippen molar-refractivity contribution in [3.8, 4) is 0 Å². The summed E-state index contributed by atoms with van der Waals surface area (Å²) in [6.45, 7) is 6.24. The lowest BCUT2D eigenvalue weighted by Gasteiger charge is -2.39. The average molecular weight is 268 g/mol. The number of nitrogens with one attached hydrogen (secondary N) is 1. The van der Waals surface area contributed by atoms with E-state index in [-0.39, 0.29) is 5.54 Å². The average Bonchev–Trinajstić information content (AvgIpc) is 2.31. The van der Waals surface area contributed by atoms with Crippen LogP contribution >= 0.6 is 11.6 Å². The van der Waals surface area contributed by atoms with E-state index in [9.17, 15) is 0 Å². The van der Waals surface area contributed by atoms with Crippen LogP contribution in [0.25, 0.3) is 0 Å². The third kappa shape index (κ3) is 3.14. The van der Waals surface area contributed by atoms with Gasteiger partial charge in [-0.25, -0.2) is 9.97 Å². The number of alkyl halides is 1. The van der Waals surface area contributed by atoms with Gasteiger partial charge < -0.3 is 5.32 Å². The summed E-state index contributed by atoms with van der Waals surface area (Å²) < 4.78 is 0. The fourth-order valence-electron chi connectivity index (χ4n) is 2.66. The van der Waals surface area contributed by atoms with Gasteiger partial charge in [-0.05, 0) is 45.4 Å². The van der Waals surface area contributed by atoms with Crippen LogP contribution in [0.1, 0.15) is 44.1 Å². The zero-order valence-electron chi connectivity index (χ0n) is 11.5. The fourth-order valence-corrected chi connectivity index (χ4v) is 2.99. The molecule has 0 saturated heterocycles. The lowest BCUT2D eigenvalue weighted by molar-refractivity contribution is 0.286. The van der Waals surface area contributed by atoms with Gasteiger partial charge in [0, 0.05) is 17.6 Å². The Morgan fingerprint density at radius 3 is 2.56 bits per heavy atom. The van der Waals surface area contributed by atoms with Crippen molar-refractivity contribution < 1.29 is 0 Å². The van der Waals surface area contributed by atoms with Crippen LogP contribution in [0, 0.1) is 19.8 Å². The molecule has 1 heterocycles. The molecule has 1 fully saturated rings. The maximum atomic E-state index is 6.21.